The number of likely N-dealkylation sites (tertiary alicyclic amines) is 1. The van der Waals surface area contributed by atoms with Gasteiger partial charge in [0.15, 0.2) is 0 Å². The largest absolute Gasteiger partial charge is 0.345 e. The van der Waals surface area contributed by atoms with E-state index < -0.39 is 0 Å². The highest BCUT2D eigenvalue weighted by Gasteiger charge is 2.39. The van der Waals surface area contributed by atoms with Crippen molar-refractivity contribution in [2.75, 3.05) is 26.2 Å². The second-order valence-corrected chi connectivity index (χ2v) is 7.84. The zero-order valence-corrected chi connectivity index (χ0v) is 14.5. The number of carbonyl (C=O) groups excluding carboxylic acids is 1. The zero-order chi connectivity index (χ0) is 16.0. The number of fused-ring (bicyclic) bond motifs is 1. The first kappa shape index (κ1) is 15.3. The van der Waals surface area contributed by atoms with Gasteiger partial charge >= 0.3 is 0 Å². The highest BCUT2D eigenvalue weighted by molar-refractivity contribution is 5.96. The van der Waals surface area contributed by atoms with E-state index in [2.05, 4.69) is 34.7 Å². The molecule has 4 heteroatoms. The van der Waals surface area contributed by atoms with Gasteiger partial charge in [0.05, 0.1) is 5.56 Å². The minimum absolute atomic E-state index is 0.259. The Morgan fingerprint density at radius 1 is 1.09 bits per heavy atom. The topological polar surface area (TPSA) is 37.3 Å². The van der Waals surface area contributed by atoms with Crippen LogP contribution in [0.2, 0.25) is 0 Å². The molecule has 0 spiro atoms. The van der Waals surface area contributed by atoms with Crippen LogP contribution in [0.3, 0.4) is 0 Å². The Hall–Kier alpha value is -1.29. The molecule has 3 aliphatic rings. The van der Waals surface area contributed by atoms with Crippen molar-refractivity contribution in [1.29, 1.82) is 0 Å². The predicted octanol–water partition coefficient (Wildman–Crippen LogP) is 2.90. The van der Waals surface area contributed by atoms with Crippen molar-refractivity contribution in [3.8, 4) is 0 Å². The van der Waals surface area contributed by atoms with E-state index in [4.69, 9.17) is 0 Å². The van der Waals surface area contributed by atoms with Gasteiger partial charge in [-0.15, -0.1) is 0 Å². The predicted molar refractivity (Wildman–Crippen MR) is 91.8 cm³/mol. The molecule has 2 aliphatic heterocycles. The molecule has 1 aliphatic carbocycles. The number of hydrogen-bond donors (Lipinski definition) is 1. The molecule has 4 rings (SSSR count). The van der Waals surface area contributed by atoms with Crippen LogP contribution in [-0.2, 0) is 0 Å². The van der Waals surface area contributed by atoms with Gasteiger partial charge in [-0.2, -0.15) is 0 Å². The number of aryl methyl sites for hydroxylation is 1. The van der Waals surface area contributed by atoms with Gasteiger partial charge in [0.1, 0.15) is 0 Å². The summed E-state index contributed by atoms with van der Waals surface area (Å²) in [6, 6.07) is 2.74. The molecular weight excluding hydrogens is 286 g/mol. The van der Waals surface area contributed by atoms with Crippen molar-refractivity contribution in [3.63, 3.8) is 0 Å². The number of nitrogens with one attached hydrogen (secondary N) is 1. The summed E-state index contributed by atoms with van der Waals surface area (Å²) in [4.78, 5) is 15.1. The minimum atomic E-state index is 0.259. The van der Waals surface area contributed by atoms with E-state index in [1.807, 2.05) is 0 Å². The summed E-state index contributed by atoms with van der Waals surface area (Å²) in [5, 5.41) is 3.45. The van der Waals surface area contributed by atoms with Crippen molar-refractivity contribution in [2.24, 2.45) is 11.8 Å². The van der Waals surface area contributed by atoms with Gasteiger partial charge in [-0.05, 0) is 44.6 Å². The normalized spacial score (nSPS) is 28.3. The van der Waals surface area contributed by atoms with Crippen LogP contribution in [0, 0.1) is 25.7 Å². The summed E-state index contributed by atoms with van der Waals surface area (Å²) in [7, 11) is 0. The van der Waals surface area contributed by atoms with Gasteiger partial charge in [0.25, 0.3) is 5.91 Å². The van der Waals surface area contributed by atoms with E-state index in [1.165, 1.54) is 43.5 Å². The first-order valence-corrected chi connectivity index (χ1v) is 9.33. The van der Waals surface area contributed by atoms with Crippen LogP contribution in [0.1, 0.15) is 59.9 Å². The first-order chi connectivity index (χ1) is 11.1. The molecule has 1 saturated carbocycles. The number of hydrogen-bond acceptors (Lipinski definition) is 2. The van der Waals surface area contributed by atoms with Crippen LogP contribution in [0.15, 0.2) is 6.07 Å². The van der Waals surface area contributed by atoms with Crippen molar-refractivity contribution in [1.82, 2.24) is 14.8 Å². The van der Waals surface area contributed by atoms with Crippen molar-refractivity contribution >= 4 is 5.91 Å². The van der Waals surface area contributed by atoms with Gasteiger partial charge in [-0.1, -0.05) is 19.3 Å². The second-order valence-electron chi connectivity index (χ2n) is 7.84. The fraction of sp³-hybridized carbons (Fsp3) is 0.737. The average Bonchev–Trinajstić information content (AvgIpc) is 3.21. The van der Waals surface area contributed by atoms with E-state index in [-0.39, 0.29) is 5.91 Å². The third kappa shape index (κ3) is 2.61. The summed E-state index contributed by atoms with van der Waals surface area (Å²) in [6.45, 7) is 8.34. The highest BCUT2D eigenvalue weighted by atomic mass is 16.2. The minimum Gasteiger partial charge on any atom is -0.345 e. The Morgan fingerprint density at radius 2 is 1.74 bits per heavy atom. The lowest BCUT2D eigenvalue weighted by molar-refractivity contribution is 0.0780. The third-order valence-corrected chi connectivity index (χ3v) is 6.33. The number of amides is 1. The van der Waals surface area contributed by atoms with Gasteiger partial charge < -0.3 is 14.8 Å². The Bertz CT molecular complexity index is 588. The van der Waals surface area contributed by atoms with Gasteiger partial charge in [-0.25, -0.2) is 0 Å². The van der Waals surface area contributed by atoms with E-state index in [9.17, 15) is 4.79 Å². The van der Waals surface area contributed by atoms with Crippen molar-refractivity contribution in [3.05, 3.63) is 23.0 Å². The summed E-state index contributed by atoms with van der Waals surface area (Å²) in [5.74, 6) is 1.59. The number of nitrogens with zero attached hydrogens (tertiary/aromatic N) is 2. The Morgan fingerprint density at radius 3 is 2.39 bits per heavy atom. The lowest BCUT2D eigenvalue weighted by atomic mass is 9.95. The van der Waals surface area contributed by atoms with Gasteiger partial charge in [0, 0.05) is 43.6 Å². The molecule has 1 amide bonds. The molecule has 1 N–H and O–H groups in total. The summed E-state index contributed by atoms with van der Waals surface area (Å²) < 4.78 is 2.45. The highest BCUT2D eigenvalue weighted by Crippen LogP contribution is 2.33. The monoisotopic (exact) mass is 315 g/mol. The maximum Gasteiger partial charge on any atom is 0.255 e. The second kappa shape index (κ2) is 5.97. The zero-order valence-electron chi connectivity index (χ0n) is 14.5. The molecule has 2 saturated heterocycles. The van der Waals surface area contributed by atoms with Crippen LogP contribution in [0.5, 0.6) is 0 Å². The molecule has 23 heavy (non-hydrogen) atoms. The van der Waals surface area contributed by atoms with E-state index in [1.54, 1.807) is 0 Å². The number of aromatic nitrogens is 1. The average molecular weight is 315 g/mol. The Kier molecular flexibility index (Phi) is 3.96. The molecule has 2 atom stereocenters. The molecule has 126 valence electrons. The lowest BCUT2D eigenvalue weighted by Gasteiger charge is -2.26. The van der Waals surface area contributed by atoms with Gasteiger partial charge in [0.2, 0.25) is 0 Å². The summed E-state index contributed by atoms with van der Waals surface area (Å²) in [5.41, 5.74) is 3.40. The first-order valence-electron chi connectivity index (χ1n) is 9.33. The van der Waals surface area contributed by atoms with Crippen LogP contribution < -0.4 is 5.32 Å². The molecule has 1 aromatic heterocycles. The molecule has 0 radical (unpaired) electrons. The molecule has 0 aromatic carbocycles. The van der Waals surface area contributed by atoms with Crippen LogP contribution in [0.25, 0.3) is 0 Å². The van der Waals surface area contributed by atoms with Crippen LogP contribution in [0.4, 0.5) is 0 Å². The maximum atomic E-state index is 13.0. The maximum absolute atomic E-state index is 13.0. The Balaban J connectivity index is 1.56. The van der Waals surface area contributed by atoms with E-state index in [0.717, 1.165) is 31.7 Å². The van der Waals surface area contributed by atoms with Crippen molar-refractivity contribution in [2.45, 2.75) is 52.0 Å². The molecule has 3 fully saturated rings. The fourth-order valence-corrected chi connectivity index (χ4v) is 5.09. The molecule has 1 aromatic rings. The fourth-order valence-electron chi connectivity index (χ4n) is 5.09. The smallest absolute Gasteiger partial charge is 0.255 e. The van der Waals surface area contributed by atoms with Crippen molar-refractivity contribution < 1.29 is 4.79 Å². The van der Waals surface area contributed by atoms with E-state index in [0.29, 0.717) is 17.9 Å². The summed E-state index contributed by atoms with van der Waals surface area (Å²) in [6.07, 6.45) is 6.56. The molecule has 4 nitrogen and oxygen atoms in total. The SMILES string of the molecule is Cc1cc(C(=O)N2C[C@H]3CNC[C@H]3C2)c(C)n1C1CCCCC1. The molecule has 0 unspecified atom stereocenters. The quantitative estimate of drug-likeness (QED) is 0.911. The number of carbonyl (C=O) groups is 1. The Labute approximate surface area is 139 Å². The standard InChI is InChI=1S/C19H29N3O/c1-13-8-18(14(2)22(13)17-6-4-3-5-7-17)19(23)21-11-15-9-20-10-16(15)12-21/h8,15-17,20H,3-7,9-12H2,1-2H3/t15-,16+. The lowest BCUT2D eigenvalue weighted by Crippen LogP contribution is -2.32. The third-order valence-electron chi connectivity index (χ3n) is 6.33. The van der Waals surface area contributed by atoms with Crippen LogP contribution in [-0.4, -0.2) is 41.6 Å². The summed E-state index contributed by atoms with van der Waals surface area (Å²) >= 11 is 0. The molecule has 0 bridgehead atoms. The van der Waals surface area contributed by atoms with Crippen LogP contribution >= 0.6 is 0 Å². The van der Waals surface area contributed by atoms with E-state index >= 15 is 0 Å². The molecular formula is C19H29N3O. The molecule has 3 heterocycles. The number of rotatable bonds is 2. The van der Waals surface area contributed by atoms with Gasteiger partial charge in [-0.3, -0.25) is 4.79 Å².